The molecule has 1 unspecified atom stereocenters. The first kappa shape index (κ1) is 9.58. The first-order valence-electron chi connectivity index (χ1n) is 4.14. The third-order valence-electron chi connectivity index (χ3n) is 2.07. The van der Waals surface area contributed by atoms with Crippen LogP contribution in [0.15, 0.2) is 41.1 Å². The lowest BCUT2D eigenvalue weighted by atomic mass is 10.0. The lowest BCUT2D eigenvalue weighted by molar-refractivity contribution is 0.684. The van der Waals surface area contributed by atoms with Crippen LogP contribution in [-0.4, -0.2) is 11.9 Å². The van der Waals surface area contributed by atoms with E-state index in [0.717, 1.165) is 16.7 Å². The third kappa shape index (κ3) is 1.99. The second-order valence-corrected chi connectivity index (χ2v) is 3.26. The summed E-state index contributed by atoms with van der Waals surface area (Å²) >= 11 is 0. The standard InChI is InChI=1S/C10H15N3/c1-6(2)8(4)9-5-7(3)10(11)13-12-9/h5,9,12H,1,4H2,2-3H3,(H2,11,13). The van der Waals surface area contributed by atoms with Gasteiger partial charge in [-0.25, -0.2) is 0 Å². The number of nitrogens with two attached hydrogens (primary N) is 1. The summed E-state index contributed by atoms with van der Waals surface area (Å²) in [7, 11) is 0. The molecule has 1 atom stereocenters. The third-order valence-corrected chi connectivity index (χ3v) is 2.07. The molecule has 0 aromatic heterocycles. The first-order chi connectivity index (χ1) is 6.02. The van der Waals surface area contributed by atoms with Crippen LogP contribution in [0.25, 0.3) is 0 Å². The minimum Gasteiger partial charge on any atom is -0.382 e. The molecule has 3 nitrogen and oxygen atoms in total. The van der Waals surface area contributed by atoms with Gasteiger partial charge in [0.1, 0.15) is 5.84 Å². The summed E-state index contributed by atoms with van der Waals surface area (Å²) in [4.78, 5) is 0. The Bertz CT molecular complexity index is 310. The molecule has 0 aromatic rings. The van der Waals surface area contributed by atoms with Crippen molar-refractivity contribution in [1.29, 1.82) is 0 Å². The van der Waals surface area contributed by atoms with Crippen molar-refractivity contribution in [2.24, 2.45) is 10.8 Å². The molecule has 0 saturated carbocycles. The molecule has 0 fully saturated rings. The van der Waals surface area contributed by atoms with Gasteiger partial charge in [-0.05, 0) is 31.1 Å². The summed E-state index contributed by atoms with van der Waals surface area (Å²) in [6.07, 6.45) is 2.00. The predicted octanol–water partition coefficient (Wildman–Crippen LogP) is 1.31. The van der Waals surface area contributed by atoms with Crippen molar-refractivity contribution in [2.75, 3.05) is 0 Å². The number of nitrogens with zero attached hydrogens (tertiary/aromatic N) is 1. The maximum Gasteiger partial charge on any atom is 0.145 e. The molecule has 3 heteroatoms. The summed E-state index contributed by atoms with van der Waals surface area (Å²) in [5.74, 6) is 0.533. The van der Waals surface area contributed by atoms with Crippen LogP contribution in [0.3, 0.4) is 0 Å². The van der Waals surface area contributed by atoms with Gasteiger partial charge < -0.3 is 5.73 Å². The van der Waals surface area contributed by atoms with Crippen molar-refractivity contribution in [3.05, 3.63) is 36.0 Å². The molecule has 1 rings (SSSR count). The number of nitrogens with one attached hydrogen (secondary N) is 1. The molecular formula is C10H15N3. The normalized spacial score (nSPS) is 21.2. The molecule has 0 spiro atoms. The van der Waals surface area contributed by atoms with E-state index in [0.29, 0.717) is 5.84 Å². The van der Waals surface area contributed by atoms with Gasteiger partial charge in [0, 0.05) is 0 Å². The van der Waals surface area contributed by atoms with Gasteiger partial charge in [0.2, 0.25) is 0 Å². The van der Waals surface area contributed by atoms with Crippen molar-refractivity contribution in [3.63, 3.8) is 0 Å². The molecule has 0 bridgehead atoms. The summed E-state index contributed by atoms with van der Waals surface area (Å²) in [5.41, 5.74) is 11.4. The van der Waals surface area contributed by atoms with Gasteiger partial charge in [-0.15, -0.1) is 0 Å². The Labute approximate surface area is 78.7 Å². The highest BCUT2D eigenvalue weighted by Crippen LogP contribution is 2.14. The summed E-state index contributed by atoms with van der Waals surface area (Å²) < 4.78 is 0. The Kier molecular flexibility index (Phi) is 2.56. The lowest BCUT2D eigenvalue weighted by Gasteiger charge is -2.21. The van der Waals surface area contributed by atoms with Crippen LogP contribution in [0.4, 0.5) is 0 Å². The highest BCUT2D eigenvalue weighted by molar-refractivity contribution is 5.97. The van der Waals surface area contributed by atoms with Gasteiger partial charge in [0.25, 0.3) is 0 Å². The fourth-order valence-electron chi connectivity index (χ4n) is 1.04. The SMILES string of the molecule is C=C(C)C(=C)C1C=C(C)C(N)=NN1. The monoisotopic (exact) mass is 177 g/mol. The first-order valence-corrected chi connectivity index (χ1v) is 4.14. The van der Waals surface area contributed by atoms with E-state index >= 15 is 0 Å². The molecule has 0 aliphatic carbocycles. The van der Waals surface area contributed by atoms with Crippen molar-refractivity contribution in [2.45, 2.75) is 19.9 Å². The fraction of sp³-hybridized carbons (Fsp3) is 0.300. The topological polar surface area (TPSA) is 50.4 Å². The average molecular weight is 177 g/mol. The number of hydrogen-bond donors (Lipinski definition) is 2. The van der Waals surface area contributed by atoms with Gasteiger partial charge in [-0.2, -0.15) is 5.10 Å². The highest BCUT2D eigenvalue weighted by atomic mass is 15.3. The summed E-state index contributed by atoms with van der Waals surface area (Å²) in [6.45, 7) is 11.6. The van der Waals surface area contributed by atoms with Gasteiger partial charge in [0.15, 0.2) is 0 Å². The van der Waals surface area contributed by atoms with Gasteiger partial charge in [0.05, 0.1) is 6.04 Å². The molecule has 1 aliphatic rings. The maximum atomic E-state index is 5.58. The van der Waals surface area contributed by atoms with Crippen LogP contribution in [0.1, 0.15) is 13.8 Å². The fourth-order valence-corrected chi connectivity index (χ4v) is 1.04. The van der Waals surface area contributed by atoms with Crippen molar-refractivity contribution < 1.29 is 0 Å². The zero-order valence-electron chi connectivity index (χ0n) is 8.09. The Morgan fingerprint density at radius 2 is 2.23 bits per heavy atom. The van der Waals surface area contributed by atoms with Crippen molar-refractivity contribution >= 4 is 5.84 Å². The van der Waals surface area contributed by atoms with Gasteiger partial charge >= 0.3 is 0 Å². The minimum absolute atomic E-state index is 0.0322. The van der Waals surface area contributed by atoms with E-state index in [4.69, 9.17) is 5.73 Å². The van der Waals surface area contributed by atoms with E-state index in [1.165, 1.54) is 0 Å². The Morgan fingerprint density at radius 3 is 2.69 bits per heavy atom. The number of amidine groups is 1. The van der Waals surface area contributed by atoms with E-state index in [1.807, 2.05) is 19.9 Å². The molecule has 0 radical (unpaired) electrons. The minimum atomic E-state index is 0.0322. The second-order valence-electron chi connectivity index (χ2n) is 3.26. The van der Waals surface area contributed by atoms with Crippen LogP contribution in [0.5, 0.6) is 0 Å². The zero-order valence-corrected chi connectivity index (χ0v) is 8.09. The Morgan fingerprint density at radius 1 is 1.62 bits per heavy atom. The molecular weight excluding hydrogens is 162 g/mol. The molecule has 70 valence electrons. The van der Waals surface area contributed by atoms with E-state index < -0.39 is 0 Å². The number of hydrogen-bond acceptors (Lipinski definition) is 3. The predicted molar refractivity (Wildman–Crippen MR) is 56.3 cm³/mol. The van der Waals surface area contributed by atoms with Crippen LogP contribution in [0.2, 0.25) is 0 Å². The van der Waals surface area contributed by atoms with E-state index in [-0.39, 0.29) is 6.04 Å². The molecule has 1 heterocycles. The largest absolute Gasteiger partial charge is 0.382 e. The lowest BCUT2D eigenvalue weighted by Crippen LogP contribution is -2.33. The van der Waals surface area contributed by atoms with Crippen molar-refractivity contribution in [1.82, 2.24) is 5.43 Å². The molecule has 0 saturated heterocycles. The molecule has 0 amide bonds. The van der Waals surface area contributed by atoms with E-state index in [9.17, 15) is 0 Å². The molecule has 13 heavy (non-hydrogen) atoms. The van der Waals surface area contributed by atoms with Crippen LogP contribution in [-0.2, 0) is 0 Å². The van der Waals surface area contributed by atoms with E-state index in [1.54, 1.807) is 0 Å². The van der Waals surface area contributed by atoms with Crippen LogP contribution >= 0.6 is 0 Å². The summed E-state index contributed by atoms with van der Waals surface area (Å²) in [5, 5.41) is 3.97. The molecule has 0 aromatic carbocycles. The Balaban J connectivity index is 2.79. The molecule has 3 N–H and O–H groups in total. The second kappa shape index (κ2) is 3.47. The highest BCUT2D eigenvalue weighted by Gasteiger charge is 2.14. The molecule has 1 aliphatic heterocycles. The number of hydrazone groups is 1. The smallest absolute Gasteiger partial charge is 0.145 e. The Hall–Kier alpha value is -1.51. The van der Waals surface area contributed by atoms with Crippen LogP contribution < -0.4 is 11.2 Å². The van der Waals surface area contributed by atoms with Gasteiger partial charge in [-0.1, -0.05) is 18.7 Å². The zero-order chi connectivity index (χ0) is 10.0. The van der Waals surface area contributed by atoms with E-state index in [2.05, 4.69) is 23.7 Å². The van der Waals surface area contributed by atoms with Crippen LogP contribution in [0, 0.1) is 0 Å². The van der Waals surface area contributed by atoms with Gasteiger partial charge in [-0.3, -0.25) is 5.43 Å². The number of rotatable bonds is 2. The quantitative estimate of drug-likeness (QED) is 0.625. The summed E-state index contributed by atoms with van der Waals surface area (Å²) in [6, 6.07) is 0.0322. The average Bonchev–Trinajstić information content (AvgIpc) is 2.08. The van der Waals surface area contributed by atoms with Crippen molar-refractivity contribution in [3.8, 4) is 0 Å². The maximum absolute atomic E-state index is 5.58.